The third-order valence-corrected chi connectivity index (χ3v) is 3.61. The first kappa shape index (κ1) is 15.2. The van der Waals surface area contributed by atoms with Gasteiger partial charge in [-0.05, 0) is 25.0 Å². The molecular weight excluding hydrogens is 274 g/mol. The first-order valence-electron chi connectivity index (χ1n) is 6.89. The number of amides is 1. The normalized spacial score (nSPS) is 18.6. The first-order chi connectivity index (χ1) is 9.93. The predicted molar refractivity (Wildman–Crippen MR) is 78.2 cm³/mol. The van der Waals surface area contributed by atoms with Crippen LogP contribution in [0.5, 0.6) is 0 Å². The quantitative estimate of drug-likeness (QED) is 0.520. The second kappa shape index (κ2) is 6.09. The summed E-state index contributed by atoms with van der Waals surface area (Å²) < 4.78 is 5.53. The molecule has 1 aliphatic rings. The van der Waals surface area contributed by atoms with E-state index in [4.69, 9.17) is 10.5 Å². The molecule has 0 saturated carbocycles. The molecule has 1 amide bonds. The molecule has 1 aromatic rings. The molecule has 114 valence electrons. The monoisotopic (exact) mass is 293 g/mol. The van der Waals surface area contributed by atoms with Crippen molar-refractivity contribution in [1.82, 2.24) is 4.90 Å². The second-order valence-corrected chi connectivity index (χ2v) is 5.15. The SMILES string of the molecule is CCC1CN(C(=O)c2cc(C)cc([N+](=O)[O-])c2N)CCO1. The van der Waals surface area contributed by atoms with Crippen LogP contribution in [0.25, 0.3) is 0 Å². The zero-order valence-electron chi connectivity index (χ0n) is 12.2. The van der Waals surface area contributed by atoms with E-state index in [-0.39, 0.29) is 28.9 Å². The first-order valence-corrected chi connectivity index (χ1v) is 6.89. The van der Waals surface area contributed by atoms with Crippen molar-refractivity contribution < 1.29 is 14.5 Å². The van der Waals surface area contributed by atoms with E-state index in [1.165, 1.54) is 6.07 Å². The van der Waals surface area contributed by atoms with Gasteiger partial charge in [0.25, 0.3) is 11.6 Å². The van der Waals surface area contributed by atoms with E-state index in [1.54, 1.807) is 17.9 Å². The maximum atomic E-state index is 12.6. The number of aryl methyl sites for hydroxylation is 1. The fraction of sp³-hybridized carbons (Fsp3) is 0.500. The summed E-state index contributed by atoms with van der Waals surface area (Å²) in [6.45, 7) is 5.12. The van der Waals surface area contributed by atoms with Crippen molar-refractivity contribution in [2.45, 2.75) is 26.4 Å². The topological polar surface area (TPSA) is 98.7 Å². The molecule has 1 heterocycles. The number of anilines is 1. The summed E-state index contributed by atoms with van der Waals surface area (Å²) >= 11 is 0. The Morgan fingerprint density at radius 3 is 2.90 bits per heavy atom. The average molecular weight is 293 g/mol. The molecule has 1 aromatic carbocycles. The molecule has 1 atom stereocenters. The molecule has 0 bridgehead atoms. The molecule has 0 radical (unpaired) electrons. The fourth-order valence-electron chi connectivity index (χ4n) is 2.43. The number of hydrogen-bond acceptors (Lipinski definition) is 5. The highest BCUT2D eigenvalue weighted by molar-refractivity contribution is 6.01. The van der Waals surface area contributed by atoms with Crippen molar-refractivity contribution in [3.8, 4) is 0 Å². The minimum Gasteiger partial charge on any atom is -0.393 e. The number of nitro groups is 1. The van der Waals surface area contributed by atoms with Crippen LogP contribution < -0.4 is 5.73 Å². The number of benzene rings is 1. The molecule has 1 aliphatic heterocycles. The van der Waals surface area contributed by atoms with Crippen LogP contribution in [0.2, 0.25) is 0 Å². The number of hydrogen-bond donors (Lipinski definition) is 1. The van der Waals surface area contributed by atoms with E-state index < -0.39 is 4.92 Å². The maximum Gasteiger partial charge on any atom is 0.293 e. The van der Waals surface area contributed by atoms with E-state index in [1.807, 2.05) is 6.92 Å². The van der Waals surface area contributed by atoms with Crippen molar-refractivity contribution in [2.24, 2.45) is 0 Å². The summed E-state index contributed by atoms with van der Waals surface area (Å²) in [4.78, 5) is 24.7. The van der Waals surface area contributed by atoms with Gasteiger partial charge in [-0.2, -0.15) is 0 Å². The van der Waals surface area contributed by atoms with Crippen LogP contribution in [-0.4, -0.2) is 41.5 Å². The van der Waals surface area contributed by atoms with Gasteiger partial charge in [0.05, 0.1) is 23.2 Å². The fourth-order valence-corrected chi connectivity index (χ4v) is 2.43. The lowest BCUT2D eigenvalue weighted by atomic mass is 10.1. The van der Waals surface area contributed by atoms with Crippen molar-refractivity contribution in [3.63, 3.8) is 0 Å². The summed E-state index contributed by atoms with van der Waals surface area (Å²) in [5.74, 6) is -0.277. The number of nitrogen functional groups attached to an aromatic ring is 1. The molecule has 1 unspecified atom stereocenters. The largest absolute Gasteiger partial charge is 0.393 e. The van der Waals surface area contributed by atoms with Crippen LogP contribution in [0.15, 0.2) is 12.1 Å². The number of carbonyl (C=O) groups is 1. The Morgan fingerprint density at radius 2 is 2.29 bits per heavy atom. The van der Waals surface area contributed by atoms with Gasteiger partial charge in [-0.25, -0.2) is 0 Å². The van der Waals surface area contributed by atoms with Gasteiger partial charge in [0.2, 0.25) is 0 Å². The molecule has 7 heteroatoms. The Hall–Kier alpha value is -2.15. The van der Waals surface area contributed by atoms with Crippen LogP contribution in [0.1, 0.15) is 29.3 Å². The number of morpholine rings is 1. The molecular formula is C14H19N3O4. The minimum absolute atomic E-state index is 0.00344. The van der Waals surface area contributed by atoms with Gasteiger partial charge in [-0.3, -0.25) is 14.9 Å². The number of rotatable bonds is 3. The molecule has 1 saturated heterocycles. The van der Waals surface area contributed by atoms with Gasteiger partial charge in [0.1, 0.15) is 5.69 Å². The summed E-state index contributed by atoms with van der Waals surface area (Å²) in [5, 5.41) is 11.0. The van der Waals surface area contributed by atoms with E-state index in [2.05, 4.69) is 0 Å². The van der Waals surface area contributed by atoms with E-state index in [0.29, 0.717) is 25.3 Å². The van der Waals surface area contributed by atoms with Crippen molar-refractivity contribution in [2.75, 3.05) is 25.4 Å². The molecule has 2 rings (SSSR count). The maximum absolute atomic E-state index is 12.6. The number of nitrogens with two attached hydrogens (primary N) is 1. The lowest BCUT2D eigenvalue weighted by molar-refractivity contribution is -0.384. The highest BCUT2D eigenvalue weighted by Crippen LogP contribution is 2.28. The second-order valence-electron chi connectivity index (χ2n) is 5.15. The van der Waals surface area contributed by atoms with Gasteiger partial charge in [-0.1, -0.05) is 6.92 Å². The molecule has 1 fully saturated rings. The minimum atomic E-state index is -0.562. The highest BCUT2D eigenvalue weighted by Gasteiger charge is 2.28. The Balaban J connectivity index is 2.33. The third-order valence-electron chi connectivity index (χ3n) is 3.61. The number of nitrogens with zero attached hydrogens (tertiary/aromatic N) is 2. The van der Waals surface area contributed by atoms with Gasteiger partial charge >= 0.3 is 0 Å². The molecule has 0 spiro atoms. The Kier molecular flexibility index (Phi) is 4.42. The summed E-state index contributed by atoms with van der Waals surface area (Å²) in [6.07, 6.45) is 0.816. The Morgan fingerprint density at radius 1 is 1.57 bits per heavy atom. The number of carbonyl (C=O) groups excluding carboxylic acids is 1. The van der Waals surface area contributed by atoms with E-state index in [9.17, 15) is 14.9 Å². The van der Waals surface area contributed by atoms with Gasteiger partial charge in [0.15, 0.2) is 0 Å². The number of ether oxygens (including phenoxy) is 1. The summed E-state index contributed by atoms with van der Waals surface area (Å²) in [7, 11) is 0. The summed E-state index contributed by atoms with van der Waals surface area (Å²) in [5.41, 5.74) is 6.34. The molecule has 0 aromatic heterocycles. The van der Waals surface area contributed by atoms with Gasteiger partial charge in [0, 0.05) is 19.2 Å². The van der Waals surface area contributed by atoms with Crippen LogP contribution in [-0.2, 0) is 4.74 Å². The molecule has 0 aliphatic carbocycles. The average Bonchev–Trinajstić information content (AvgIpc) is 2.48. The summed E-state index contributed by atoms with van der Waals surface area (Å²) in [6, 6.07) is 2.97. The zero-order chi connectivity index (χ0) is 15.6. The third kappa shape index (κ3) is 3.13. The Labute approximate surface area is 122 Å². The predicted octanol–water partition coefficient (Wildman–Crippen LogP) is 1.74. The standard InChI is InChI=1S/C14H19N3O4/c1-3-10-8-16(4-5-21-10)14(18)11-6-9(2)7-12(13(11)15)17(19)20/h6-7,10H,3-5,8,15H2,1-2H3. The number of nitro benzene ring substituents is 1. The highest BCUT2D eigenvalue weighted by atomic mass is 16.6. The van der Waals surface area contributed by atoms with E-state index in [0.717, 1.165) is 6.42 Å². The van der Waals surface area contributed by atoms with E-state index >= 15 is 0 Å². The zero-order valence-corrected chi connectivity index (χ0v) is 12.2. The lowest BCUT2D eigenvalue weighted by Gasteiger charge is -2.32. The van der Waals surface area contributed by atoms with Crippen molar-refractivity contribution in [3.05, 3.63) is 33.4 Å². The Bertz CT molecular complexity index is 574. The smallest absolute Gasteiger partial charge is 0.293 e. The molecule has 7 nitrogen and oxygen atoms in total. The molecule has 2 N–H and O–H groups in total. The van der Waals surface area contributed by atoms with Gasteiger partial charge < -0.3 is 15.4 Å². The van der Waals surface area contributed by atoms with Crippen molar-refractivity contribution in [1.29, 1.82) is 0 Å². The lowest BCUT2D eigenvalue weighted by Crippen LogP contribution is -2.45. The van der Waals surface area contributed by atoms with Crippen LogP contribution in [0, 0.1) is 17.0 Å². The van der Waals surface area contributed by atoms with Crippen LogP contribution >= 0.6 is 0 Å². The molecule has 21 heavy (non-hydrogen) atoms. The van der Waals surface area contributed by atoms with Crippen LogP contribution in [0.4, 0.5) is 11.4 Å². The van der Waals surface area contributed by atoms with Crippen LogP contribution in [0.3, 0.4) is 0 Å². The van der Waals surface area contributed by atoms with Gasteiger partial charge in [-0.15, -0.1) is 0 Å². The van der Waals surface area contributed by atoms with Crippen molar-refractivity contribution >= 4 is 17.3 Å².